The van der Waals surface area contributed by atoms with Crippen molar-refractivity contribution in [3.63, 3.8) is 0 Å². The molecule has 0 bridgehead atoms. The van der Waals surface area contributed by atoms with Gasteiger partial charge in [0.25, 0.3) is 0 Å². The molecule has 5 heteroatoms. The second-order valence-electron chi connectivity index (χ2n) is 8.67. The molecule has 0 saturated carbocycles. The number of nitrogens with two attached hydrogens (primary N) is 1. The van der Waals surface area contributed by atoms with Crippen molar-refractivity contribution in [1.29, 1.82) is 0 Å². The van der Waals surface area contributed by atoms with Crippen LogP contribution in [0, 0.1) is 0 Å². The monoisotopic (exact) mass is 379 g/mol. The predicted octanol–water partition coefficient (Wildman–Crippen LogP) is 5.96. The normalized spacial score (nSPS) is 13.7. The van der Waals surface area contributed by atoms with Gasteiger partial charge in [-0.3, -0.25) is 0 Å². The zero-order valence-electron chi connectivity index (χ0n) is 17.1. The summed E-state index contributed by atoms with van der Waals surface area (Å²) in [4.78, 5) is 8.16. The van der Waals surface area contributed by atoms with Crippen LogP contribution < -0.4 is 5.73 Å². The number of anilines is 1. The van der Waals surface area contributed by atoms with Gasteiger partial charge >= 0.3 is 0 Å². The Kier molecular flexibility index (Phi) is 5.10. The number of nitrogen functional groups attached to an aromatic ring is 1. The van der Waals surface area contributed by atoms with Crippen LogP contribution in [0.15, 0.2) is 48.8 Å². The van der Waals surface area contributed by atoms with Gasteiger partial charge in [0.05, 0.1) is 6.10 Å². The lowest BCUT2D eigenvalue weighted by molar-refractivity contribution is 0.203. The number of aromatic nitrogens is 2. The van der Waals surface area contributed by atoms with Gasteiger partial charge in [-0.2, -0.15) is 0 Å². The molecule has 0 radical (unpaired) electrons. The van der Waals surface area contributed by atoms with E-state index in [4.69, 9.17) is 10.2 Å². The Labute approximate surface area is 162 Å². The zero-order valence-corrected chi connectivity index (χ0v) is 18.1. The van der Waals surface area contributed by atoms with Crippen LogP contribution in [0.4, 0.5) is 5.95 Å². The van der Waals surface area contributed by atoms with Crippen LogP contribution in [0.2, 0.25) is 18.1 Å². The maximum Gasteiger partial charge on any atom is 0.219 e. The Hall–Kier alpha value is -2.24. The van der Waals surface area contributed by atoms with E-state index in [1.54, 1.807) is 12.4 Å². The van der Waals surface area contributed by atoms with Crippen LogP contribution in [0.1, 0.15) is 39.4 Å². The fourth-order valence-electron chi connectivity index (χ4n) is 2.87. The van der Waals surface area contributed by atoms with E-state index in [1.807, 2.05) is 0 Å². The summed E-state index contributed by atoms with van der Waals surface area (Å²) >= 11 is 0. The van der Waals surface area contributed by atoms with Gasteiger partial charge in [-0.1, -0.05) is 45.0 Å². The van der Waals surface area contributed by atoms with E-state index < -0.39 is 8.32 Å². The van der Waals surface area contributed by atoms with Gasteiger partial charge in [-0.15, -0.1) is 0 Å². The molecule has 1 unspecified atom stereocenters. The summed E-state index contributed by atoms with van der Waals surface area (Å²) in [6, 6.07) is 13.0. The molecular formula is C22H29N3OSi. The summed E-state index contributed by atoms with van der Waals surface area (Å²) in [7, 11) is -1.80. The third-order valence-corrected chi connectivity index (χ3v) is 10.2. The highest BCUT2D eigenvalue weighted by atomic mass is 28.4. The first-order valence-electron chi connectivity index (χ1n) is 9.36. The van der Waals surface area contributed by atoms with Gasteiger partial charge in [-0.25, -0.2) is 9.97 Å². The van der Waals surface area contributed by atoms with E-state index in [2.05, 4.69) is 87.2 Å². The fourth-order valence-corrected chi connectivity index (χ4v) is 4.24. The number of fused-ring (bicyclic) bond motifs is 1. The van der Waals surface area contributed by atoms with E-state index in [0.717, 1.165) is 11.1 Å². The van der Waals surface area contributed by atoms with E-state index in [-0.39, 0.29) is 11.1 Å². The molecule has 0 fully saturated rings. The average Bonchev–Trinajstić information content (AvgIpc) is 2.60. The summed E-state index contributed by atoms with van der Waals surface area (Å²) in [6.45, 7) is 13.6. The molecule has 0 aliphatic carbocycles. The molecule has 2 aromatic carbocycles. The van der Waals surface area contributed by atoms with E-state index in [9.17, 15) is 0 Å². The summed E-state index contributed by atoms with van der Waals surface area (Å²) in [6.07, 6.45) is 3.60. The Bertz CT molecular complexity index is 946. The lowest BCUT2D eigenvalue weighted by atomic mass is 10.0. The molecule has 142 valence electrons. The molecular weight excluding hydrogens is 350 g/mol. The third-order valence-electron chi connectivity index (χ3n) is 5.62. The molecule has 1 atom stereocenters. The molecule has 3 aromatic rings. The lowest BCUT2D eigenvalue weighted by Crippen LogP contribution is -2.41. The van der Waals surface area contributed by atoms with Crippen molar-refractivity contribution in [3.05, 3.63) is 54.4 Å². The molecule has 3 rings (SSSR count). The molecule has 0 amide bonds. The third kappa shape index (κ3) is 4.20. The first-order chi connectivity index (χ1) is 12.6. The van der Waals surface area contributed by atoms with Crippen LogP contribution >= 0.6 is 0 Å². The molecule has 0 aliphatic rings. The van der Waals surface area contributed by atoms with Gasteiger partial charge in [0, 0.05) is 18.0 Å². The number of hydrogen-bond acceptors (Lipinski definition) is 4. The van der Waals surface area contributed by atoms with E-state index in [0.29, 0.717) is 5.95 Å². The van der Waals surface area contributed by atoms with Crippen molar-refractivity contribution < 1.29 is 4.43 Å². The van der Waals surface area contributed by atoms with Gasteiger partial charge in [0.2, 0.25) is 5.95 Å². The van der Waals surface area contributed by atoms with E-state index >= 15 is 0 Å². The van der Waals surface area contributed by atoms with E-state index in [1.165, 1.54) is 16.3 Å². The molecule has 1 aromatic heterocycles. The van der Waals surface area contributed by atoms with Crippen molar-refractivity contribution in [2.45, 2.75) is 51.9 Å². The molecule has 0 saturated heterocycles. The minimum atomic E-state index is -1.80. The highest BCUT2D eigenvalue weighted by Crippen LogP contribution is 2.40. The SMILES string of the molecule is CC(O[Si](C)(C)C(C)(C)C)c1ccc2cc(-c3cnc(N)nc3)ccc2c1. The summed E-state index contributed by atoms with van der Waals surface area (Å²) < 4.78 is 6.55. The number of hydrogen-bond donors (Lipinski definition) is 1. The molecule has 1 heterocycles. The Morgan fingerprint density at radius 2 is 1.52 bits per heavy atom. The van der Waals surface area contributed by atoms with Gasteiger partial charge in [0.15, 0.2) is 8.32 Å². The van der Waals surface area contributed by atoms with Crippen molar-refractivity contribution in [1.82, 2.24) is 9.97 Å². The molecule has 4 nitrogen and oxygen atoms in total. The fraction of sp³-hybridized carbons (Fsp3) is 0.364. The molecule has 27 heavy (non-hydrogen) atoms. The Balaban J connectivity index is 1.88. The average molecular weight is 380 g/mol. The predicted molar refractivity (Wildman–Crippen MR) is 116 cm³/mol. The standard InChI is InChI=1S/C22H29N3OSi/c1-15(26-27(5,6)22(2,3)4)16-7-8-18-12-19(10-9-17(18)11-16)20-13-24-21(23)25-14-20/h7-15H,1-6H3,(H2,23,24,25). The maximum atomic E-state index is 6.55. The van der Waals surface area contributed by atoms with Crippen molar-refractivity contribution in [2.75, 3.05) is 5.73 Å². The van der Waals surface area contributed by atoms with Crippen LogP contribution in [-0.4, -0.2) is 18.3 Å². The van der Waals surface area contributed by atoms with Gasteiger partial charge in [0.1, 0.15) is 0 Å². The number of nitrogens with zero attached hydrogens (tertiary/aromatic N) is 2. The topological polar surface area (TPSA) is 61.0 Å². The second-order valence-corrected chi connectivity index (χ2v) is 13.4. The number of benzene rings is 2. The number of rotatable bonds is 4. The summed E-state index contributed by atoms with van der Waals surface area (Å²) in [5.41, 5.74) is 8.84. The minimum absolute atomic E-state index is 0.0838. The van der Waals surface area contributed by atoms with Crippen molar-refractivity contribution in [3.8, 4) is 11.1 Å². The largest absolute Gasteiger partial charge is 0.410 e. The van der Waals surface area contributed by atoms with Gasteiger partial charge < -0.3 is 10.2 Å². The summed E-state index contributed by atoms with van der Waals surface area (Å²) in [5, 5.41) is 2.60. The smallest absolute Gasteiger partial charge is 0.219 e. The van der Waals surface area contributed by atoms with Gasteiger partial charge in [-0.05, 0) is 59.1 Å². The quantitative estimate of drug-likeness (QED) is 0.568. The summed E-state index contributed by atoms with van der Waals surface area (Å²) in [5.74, 6) is 0.292. The minimum Gasteiger partial charge on any atom is -0.410 e. The molecule has 2 N–H and O–H groups in total. The van der Waals surface area contributed by atoms with Crippen LogP contribution in [0.3, 0.4) is 0 Å². The van der Waals surface area contributed by atoms with Crippen LogP contribution in [0.5, 0.6) is 0 Å². The van der Waals surface area contributed by atoms with Crippen LogP contribution in [0.25, 0.3) is 21.9 Å². The Morgan fingerprint density at radius 1 is 0.926 bits per heavy atom. The lowest BCUT2D eigenvalue weighted by Gasteiger charge is -2.38. The highest BCUT2D eigenvalue weighted by molar-refractivity contribution is 6.74. The maximum absolute atomic E-state index is 6.55. The molecule has 0 spiro atoms. The first kappa shape index (κ1) is 19.5. The van der Waals surface area contributed by atoms with Crippen molar-refractivity contribution >= 4 is 25.0 Å². The van der Waals surface area contributed by atoms with Crippen LogP contribution in [-0.2, 0) is 4.43 Å². The Morgan fingerprint density at radius 3 is 2.15 bits per heavy atom. The molecule has 0 aliphatic heterocycles. The highest BCUT2D eigenvalue weighted by Gasteiger charge is 2.38. The second kappa shape index (κ2) is 7.06. The first-order valence-corrected chi connectivity index (χ1v) is 12.3. The van der Waals surface area contributed by atoms with Crippen molar-refractivity contribution in [2.24, 2.45) is 0 Å². The zero-order chi connectivity index (χ0) is 19.8.